The maximum atomic E-state index is 13.3. The van der Waals surface area contributed by atoms with Gasteiger partial charge in [-0.05, 0) is 47.9 Å². The van der Waals surface area contributed by atoms with Crippen molar-refractivity contribution in [2.24, 2.45) is 4.99 Å². The third kappa shape index (κ3) is 5.93. The summed E-state index contributed by atoms with van der Waals surface area (Å²) >= 11 is 0. The number of halogens is 2. The number of guanidine groups is 1. The van der Waals surface area contributed by atoms with E-state index >= 15 is 0 Å². The number of hydrogen-bond donors (Lipinski definition) is 4. The van der Waals surface area contributed by atoms with E-state index in [4.69, 9.17) is 0 Å². The molecule has 3 aromatic rings. The fourth-order valence-electron chi connectivity index (χ4n) is 3.01. The lowest BCUT2D eigenvalue weighted by molar-refractivity contribution is 0.0963. The van der Waals surface area contributed by atoms with Crippen LogP contribution in [0.1, 0.15) is 21.5 Å². The number of carbonyl (C=O) groups is 1. The number of amides is 1. The van der Waals surface area contributed by atoms with Crippen LogP contribution in [-0.4, -0.2) is 37.5 Å². The number of aliphatic imine (C=N–C) groups is 1. The molecule has 4 N–H and O–H groups in total. The zero-order valence-electron chi connectivity index (χ0n) is 16.4. The van der Waals surface area contributed by atoms with Crippen molar-refractivity contribution in [3.8, 4) is 0 Å². The molecular formula is C21H25FIN5O. The molecule has 0 saturated carbocycles. The first-order valence-corrected chi connectivity index (χ1v) is 9.11. The summed E-state index contributed by atoms with van der Waals surface area (Å²) in [6, 6.07) is 12.2. The van der Waals surface area contributed by atoms with Gasteiger partial charge in [-0.3, -0.25) is 9.79 Å². The minimum absolute atomic E-state index is 0. The summed E-state index contributed by atoms with van der Waals surface area (Å²) in [4.78, 5) is 18.9. The van der Waals surface area contributed by atoms with Crippen LogP contribution < -0.4 is 16.0 Å². The van der Waals surface area contributed by atoms with Crippen LogP contribution in [0.3, 0.4) is 0 Å². The highest BCUT2D eigenvalue weighted by Gasteiger charge is 2.06. The standard InChI is InChI=1S/C21H24FN5O.HI/c1-23-20(28)15-5-3-14(4-6-15)12-27-21(24-2)25-10-9-16-13-26-19-11-17(22)7-8-18(16)19;/h3-8,11,13,26H,9-10,12H2,1-2H3,(H,23,28)(H2,24,25,27);1H. The fraction of sp³-hybridized carbons (Fsp3) is 0.238. The molecule has 2 aromatic carbocycles. The first kappa shape index (κ1) is 22.7. The van der Waals surface area contributed by atoms with Crippen LogP contribution in [-0.2, 0) is 13.0 Å². The van der Waals surface area contributed by atoms with Gasteiger partial charge in [-0.15, -0.1) is 24.0 Å². The second-order valence-corrected chi connectivity index (χ2v) is 6.38. The Balaban J connectivity index is 0.00000300. The smallest absolute Gasteiger partial charge is 0.251 e. The Morgan fingerprint density at radius 1 is 1.14 bits per heavy atom. The third-order valence-electron chi connectivity index (χ3n) is 4.54. The van der Waals surface area contributed by atoms with E-state index in [2.05, 4.69) is 25.9 Å². The maximum Gasteiger partial charge on any atom is 0.251 e. The Morgan fingerprint density at radius 3 is 2.59 bits per heavy atom. The van der Waals surface area contributed by atoms with Crippen LogP contribution in [0.5, 0.6) is 0 Å². The van der Waals surface area contributed by atoms with Crippen LogP contribution in [0.25, 0.3) is 10.9 Å². The molecule has 3 rings (SSSR count). The first-order chi connectivity index (χ1) is 13.6. The number of rotatable bonds is 6. The molecule has 1 amide bonds. The highest BCUT2D eigenvalue weighted by atomic mass is 127. The lowest BCUT2D eigenvalue weighted by Gasteiger charge is -2.12. The fourth-order valence-corrected chi connectivity index (χ4v) is 3.01. The summed E-state index contributed by atoms with van der Waals surface area (Å²) in [6.07, 6.45) is 2.70. The topological polar surface area (TPSA) is 81.3 Å². The van der Waals surface area contributed by atoms with Crippen molar-refractivity contribution in [3.05, 3.63) is 71.2 Å². The summed E-state index contributed by atoms with van der Waals surface area (Å²) in [5.74, 6) is 0.352. The van der Waals surface area contributed by atoms with Crippen molar-refractivity contribution in [2.45, 2.75) is 13.0 Å². The molecule has 0 radical (unpaired) electrons. The predicted molar refractivity (Wildman–Crippen MR) is 125 cm³/mol. The van der Waals surface area contributed by atoms with Gasteiger partial charge in [0.05, 0.1) is 0 Å². The minimum atomic E-state index is -0.244. The largest absolute Gasteiger partial charge is 0.361 e. The average molecular weight is 509 g/mol. The summed E-state index contributed by atoms with van der Waals surface area (Å²) in [7, 11) is 3.33. The van der Waals surface area contributed by atoms with Crippen LogP contribution in [0.2, 0.25) is 0 Å². The van der Waals surface area contributed by atoms with Gasteiger partial charge in [0, 0.05) is 49.8 Å². The second kappa shape index (κ2) is 10.8. The Labute approximate surface area is 186 Å². The van der Waals surface area contributed by atoms with E-state index in [9.17, 15) is 9.18 Å². The number of H-pyrrole nitrogens is 1. The molecular weight excluding hydrogens is 484 g/mol. The summed E-state index contributed by atoms with van der Waals surface area (Å²) < 4.78 is 13.3. The molecule has 1 aromatic heterocycles. The zero-order valence-corrected chi connectivity index (χ0v) is 18.7. The Bertz CT molecular complexity index is 984. The number of nitrogens with zero attached hydrogens (tertiary/aromatic N) is 1. The molecule has 29 heavy (non-hydrogen) atoms. The van der Waals surface area contributed by atoms with E-state index < -0.39 is 0 Å². The van der Waals surface area contributed by atoms with Crippen LogP contribution in [0.4, 0.5) is 4.39 Å². The van der Waals surface area contributed by atoms with Crippen LogP contribution >= 0.6 is 24.0 Å². The molecule has 8 heteroatoms. The normalized spacial score (nSPS) is 11.1. The minimum Gasteiger partial charge on any atom is -0.361 e. The van der Waals surface area contributed by atoms with Gasteiger partial charge in [0.25, 0.3) is 5.91 Å². The zero-order chi connectivity index (χ0) is 19.9. The molecule has 0 bridgehead atoms. The second-order valence-electron chi connectivity index (χ2n) is 6.38. The van der Waals surface area contributed by atoms with E-state index in [1.807, 2.05) is 18.3 Å². The number of carbonyl (C=O) groups excluding carboxylic acids is 1. The van der Waals surface area contributed by atoms with Gasteiger partial charge in [-0.1, -0.05) is 12.1 Å². The lowest BCUT2D eigenvalue weighted by atomic mass is 10.1. The van der Waals surface area contributed by atoms with Gasteiger partial charge < -0.3 is 20.9 Å². The van der Waals surface area contributed by atoms with Crippen molar-refractivity contribution < 1.29 is 9.18 Å². The van der Waals surface area contributed by atoms with Gasteiger partial charge in [0.2, 0.25) is 0 Å². The number of fused-ring (bicyclic) bond motifs is 1. The van der Waals surface area contributed by atoms with Crippen molar-refractivity contribution in [1.82, 2.24) is 20.9 Å². The SMILES string of the molecule is CN=C(NCCc1c[nH]c2cc(F)ccc12)NCc1ccc(C(=O)NC)cc1.I. The Hall–Kier alpha value is -2.62. The molecule has 1 heterocycles. The highest BCUT2D eigenvalue weighted by molar-refractivity contribution is 14.0. The quantitative estimate of drug-likeness (QED) is 0.234. The van der Waals surface area contributed by atoms with Gasteiger partial charge >= 0.3 is 0 Å². The Kier molecular flexibility index (Phi) is 8.44. The number of aromatic nitrogens is 1. The number of nitrogens with one attached hydrogen (secondary N) is 4. The van der Waals surface area contributed by atoms with Crippen molar-refractivity contribution in [1.29, 1.82) is 0 Å². The van der Waals surface area contributed by atoms with Gasteiger partial charge in [0.15, 0.2) is 5.96 Å². The van der Waals surface area contributed by atoms with Crippen LogP contribution in [0.15, 0.2) is 53.7 Å². The van der Waals surface area contributed by atoms with E-state index in [-0.39, 0.29) is 35.7 Å². The molecule has 0 aliphatic heterocycles. The van der Waals surface area contributed by atoms with Crippen molar-refractivity contribution in [3.63, 3.8) is 0 Å². The molecule has 0 saturated heterocycles. The molecule has 0 aliphatic carbocycles. The van der Waals surface area contributed by atoms with Crippen molar-refractivity contribution in [2.75, 3.05) is 20.6 Å². The van der Waals surface area contributed by atoms with Crippen molar-refractivity contribution >= 4 is 46.7 Å². The van der Waals surface area contributed by atoms with Crippen LogP contribution in [0, 0.1) is 5.82 Å². The van der Waals surface area contributed by atoms with E-state index in [1.165, 1.54) is 12.1 Å². The maximum absolute atomic E-state index is 13.3. The molecule has 0 aliphatic rings. The first-order valence-electron chi connectivity index (χ1n) is 9.11. The number of aromatic amines is 1. The van der Waals surface area contributed by atoms with Gasteiger partial charge in [0.1, 0.15) is 5.82 Å². The molecule has 154 valence electrons. The Morgan fingerprint density at radius 2 is 1.90 bits per heavy atom. The predicted octanol–water partition coefficient (Wildman–Crippen LogP) is 3.19. The highest BCUT2D eigenvalue weighted by Crippen LogP contribution is 2.19. The summed E-state index contributed by atoms with van der Waals surface area (Å²) in [5.41, 5.74) is 3.61. The molecule has 0 atom stereocenters. The van der Waals surface area contributed by atoms with E-state index in [0.717, 1.165) is 28.5 Å². The van der Waals surface area contributed by atoms with Gasteiger partial charge in [-0.25, -0.2) is 4.39 Å². The average Bonchev–Trinajstić information content (AvgIpc) is 3.12. The third-order valence-corrected chi connectivity index (χ3v) is 4.54. The number of hydrogen-bond acceptors (Lipinski definition) is 2. The summed E-state index contributed by atoms with van der Waals surface area (Å²) in [6.45, 7) is 1.29. The molecule has 0 unspecified atom stereocenters. The van der Waals surface area contributed by atoms with E-state index in [0.29, 0.717) is 24.6 Å². The molecule has 6 nitrogen and oxygen atoms in total. The summed E-state index contributed by atoms with van der Waals surface area (Å²) in [5, 5.41) is 10.2. The van der Waals surface area contributed by atoms with Gasteiger partial charge in [-0.2, -0.15) is 0 Å². The monoisotopic (exact) mass is 509 g/mol. The number of benzene rings is 2. The molecule has 0 spiro atoms. The lowest BCUT2D eigenvalue weighted by Crippen LogP contribution is -2.37. The molecule has 0 fully saturated rings. The van der Waals surface area contributed by atoms with E-state index in [1.54, 1.807) is 32.3 Å².